The van der Waals surface area contributed by atoms with E-state index in [1.807, 2.05) is 21.7 Å². The first-order chi connectivity index (χ1) is 10.0. The number of carbonyl (C=O) groups excluding carboxylic acids is 1. The van der Waals surface area contributed by atoms with E-state index in [9.17, 15) is 9.59 Å². The molecule has 0 spiro atoms. The van der Waals surface area contributed by atoms with E-state index in [-0.39, 0.29) is 6.03 Å². The Kier molecular flexibility index (Phi) is 5.41. The number of carbonyl (C=O) groups is 2. The van der Waals surface area contributed by atoms with Crippen molar-refractivity contribution in [2.24, 2.45) is 0 Å². The number of piperazine rings is 1. The van der Waals surface area contributed by atoms with Crippen LogP contribution in [0.4, 0.5) is 4.79 Å². The van der Waals surface area contributed by atoms with Crippen LogP contribution in [0.25, 0.3) is 0 Å². The quantitative estimate of drug-likeness (QED) is 0.760. The monoisotopic (exact) mass is 298 g/mol. The lowest BCUT2D eigenvalue weighted by Gasteiger charge is -2.40. The van der Waals surface area contributed by atoms with Gasteiger partial charge in [0.2, 0.25) is 0 Å². The number of rotatable bonds is 3. The lowest BCUT2D eigenvalue weighted by Crippen LogP contribution is -2.57. The van der Waals surface area contributed by atoms with Gasteiger partial charge in [0.25, 0.3) is 0 Å². The molecule has 1 unspecified atom stereocenters. The molecule has 21 heavy (non-hydrogen) atoms. The lowest BCUT2D eigenvalue weighted by atomic mass is 10.1. The van der Waals surface area contributed by atoms with Crippen LogP contribution in [-0.2, 0) is 4.79 Å². The largest absolute Gasteiger partial charge is 0.480 e. The fourth-order valence-corrected chi connectivity index (χ4v) is 3.03. The average Bonchev–Trinajstić information content (AvgIpc) is 2.53. The third-order valence-electron chi connectivity index (χ3n) is 4.65. The van der Waals surface area contributed by atoms with Crippen LogP contribution in [0.3, 0.4) is 0 Å². The Bertz CT molecular complexity index is 376. The van der Waals surface area contributed by atoms with E-state index >= 15 is 0 Å². The van der Waals surface area contributed by atoms with E-state index in [2.05, 4.69) is 5.32 Å². The minimum absolute atomic E-state index is 0.0736. The van der Waals surface area contributed by atoms with E-state index in [0.29, 0.717) is 32.2 Å². The van der Waals surface area contributed by atoms with Gasteiger partial charge in [-0.3, -0.25) is 9.69 Å². The number of carboxylic acid groups (broad SMARTS) is 1. The molecule has 1 atom stereocenters. The Morgan fingerprint density at radius 2 is 1.76 bits per heavy atom. The van der Waals surface area contributed by atoms with Gasteiger partial charge in [0.15, 0.2) is 0 Å². The maximum absolute atomic E-state index is 12.5. The van der Waals surface area contributed by atoms with E-state index in [0.717, 1.165) is 25.9 Å². The smallest absolute Gasteiger partial charge is 0.320 e. The number of carboxylic acids is 1. The minimum atomic E-state index is -0.804. The maximum Gasteiger partial charge on any atom is 0.320 e. The Labute approximate surface area is 125 Å². The van der Waals surface area contributed by atoms with Crippen LogP contribution in [0.5, 0.6) is 0 Å². The molecular weight excluding hydrogens is 272 g/mol. The van der Waals surface area contributed by atoms with Crippen LogP contribution in [-0.4, -0.2) is 90.2 Å². The summed E-state index contributed by atoms with van der Waals surface area (Å²) in [4.78, 5) is 29.1. The van der Waals surface area contributed by atoms with Crippen molar-refractivity contribution in [3.63, 3.8) is 0 Å². The van der Waals surface area contributed by atoms with Crippen LogP contribution in [0.1, 0.15) is 19.8 Å². The van der Waals surface area contributed by atoms with Gasteiger partial charge in [0, 0.05) is 39.3 Å². The molecule has 2 rings (SSSR count). The zero-order valence-electron chi connectivity index (χ0n) is 12.9. The van der Waals surface area contributed by atoms with Gasteiger partial charge in [0.05, 0.1) is 0 Å². The van der Waals surface area contributed by atoms with Gasteiger partial charge in [0.1, 0.15) is 6.04 Å². The van der Waals surface area contributed by atoms with E-state index < -0.39 is 12.0 Å². The number of aliphatic carboxylic acids is 1. The molecular formula is C14H26N4O3. The Balaban J connectivity index is 1.83. The van der Waals surface area contributed by atoms with Crippen molar-refractivity contribution in [3.8, 4) is 0 Å². The van der Waals surface area contributed by atoms with Crippen molar-refractivity contribution in [2.45, 2.75) is 31.8 Å². The van der Waals surface area contributed by atoms with Crippen molar-refractivity contribution in [2.75, 3.05) is 46.3 Å². The first-order valence-corrected chi connectivity index (χ1v) is 7.70. The highest BCUT2D eigenvalue weighted by Gasteiger charge is 2.30. The number of hydrogen-bond acceptors (Lipinski definition) is 4. The fraction of sp³-hybridized carbons (Fsp3) is 0.857. The molecule has 2 heterocycles. The highest BCUT2D eigenvalue weighted by molar-refractivity contribution is 5.75. The molecule has 2 N–H and O–H groups in total. The first kappa shape index (κ1) is 16.0. The van der Waals surface area contributed by atoms with E-state index in [1.165, 1.54) is 0 Å². The molecule has 0 bridgehead atoms. The molecule has 0 aromatic carbocycles. The summed E-state index contributed by atoms with van der Waals surface area (Å²) in [6, 6.07) is -0.0938. The summed E-state index contributed by atoms with van der Waals surface area (Å²) >= 11 is 0. The number of hydrogen-bond donors (Lipinski definition) is 2. The molecule has 2 aliphatic rings. The predicted molar refractivity (Wildman–Crippen MR) is 79.3 cm³/mol. The molecule has 0 aromatic rings. The predicted octanol–water partition coefficient (Wildman–Crippen LogP) is -0.119. The summed E-state index contributed by atoms with van der Waals surface area (Å²) in [6.45, 7) is 6.08. The second-order valence-electron chi connectivity index (χ2n) is 5.91. The number of piperidine rings is 1. The molecule has 7 nitrogen and oxygen atoms in total. The highest BCUT2D eigenvalue weighted by atomic mass is 16.4. The van der Waals surface area contributed by atoms with Gasteiger partial charge in [-0.25, -0.2) is 4.79 Å². The van der Waals surface area contributed by atoms with E-state index in [1.54, 1.807) is 6.92 Å². The maximum atomic E-state index is 12.5. The average molecular weight is 298 g/mol. The minimum Gasteiger partial charge on any atom is -0.480 e. The summed E-state index contributed by atoms with van der Waals surface area (Å²) in [6.07, 6.45) is 2.00. The normalized spacial score (nSPS) is 22.9. The molecule has 2 aliphatic heterocycles. The molecule has 2 saturated heterocycles. The first-order valence-electron chi connectivity index (χ1n) is 7.70. The van der Waals surface area contributed by atoms with Gasteiger partial charge in [-0.05, 0) is 32.9 Å². The SMILES string of the molecule is CC(C(=O)O)N1CCN(C(=O)N(C)C2CCNCC2)CC1. The fourth-order valence-electron chi connectivity index (χ4n) is 3.03. The van der Waals surface area contributed by atoms with Gasteiger partial charge in [-0.15, -0.1) is 0 Å². The molecule has 120 valence electrons. The number of nitrogens with zero attached hydrogens (tertiary/aromatic N) is 3. The summed E-state index contributed by atoms with van der Waals surface area (Å²) in [7, 11) is 1.88. The van der Waals surface area contributed by atoms with Crippen LogP contribution in [0, 0.1) is 0 Å². The second-order valence-corrected chi connectivity index (χ2v) is 5.91. The second kappa shape index (κ2) is 7.09. The summed E-state index contributed by atoms with van der Waals surface area (Å²) in [5.74, 6) is -0.804. The third kappa shape index (κ3) is 3.85. The zero-order chi connectivity index (χ0) is 15.4. The van der Waals surface area contributed by atoms with Crippen LogP contribution in [0.15, 0.2) is 0 Å². The molecule has 2 fully saturated rings. The Morgan fingerprint density at radius 3 is 2.29 bits per heavy atom. The Hall–Kier alpha value is -1.34. The summed E-state index contributed by atoms with van der Waals surface area (Å²) < 4.78 is 0. The van der Waals surface area contributed by atoms with E-state index in [4.69, 9.17) is 5.11 Å². The molecule has 7 heteroatoms. The lowest BCUT2D eigenvalue weighted by molar-refractivity contribution is -0.143. The molecule has 0 radical (unpaired) electrons. The highest BCUT2D eigenvalue weighted by Crippen LogP contribution is 2.14. The summed E-state index contributed by atoms with van der Waals surface area (Å²) in [5.41, 5.74) is 0. The number of urea groups is 1. The number of amides is 2. The molecule has 0 saturated carbocycles. The van der Waals surface area contributed by atoms with Crippen molar-refractivity contribution in [1.82, 2.24) is 20.0 Å². The van der Waals surface area contributed by atoms with Gasteiger partial charge < -0.3 is 20.2 Å². The topological polar surface area (TPSA) is 76.1 Å². The zero-order valence-corrected chi connectivity index (χ0v) is 12.9. The standard InChI is InChI=1S/C14H26N4O3/c1-11(13(19)20)17-7-9-18(10-8-17)14(21)16(2)12-3-5-15-6-4-12/h11-12,15H,3-10H2,1-2H3,(H,19,20). The van der Waals surface area contributed by atoms with Gasteiger partial charge in [-0.2, -0.15) is 0 Å². The third-order valence-corrected chi connectivity index (χ3v) is 4.65. The molecule has 0 aromatic heterocycles. The number of nitrogens with one attached hydrogen (secondary N) is 1. The van der Waals surface area contributed by atoms with Crippen molar-refractivity contribution >= 4 is 12.0 Å². The van der Waals surface area contributed by atoms with Crippen molar-refractivity contribution in [1.29, 1.82) is 0 Å². The molecule has 2 amide bonds. The van der Waals surface area contributed by atoms with Crippen LogP contribution < -0.4 is 5.32 Å². The van der Waals surface area contributed by atoms with Gasteiger partial charge in [-0.1, -0.05) is 0 Å². The van der Waals surface area contributed by atoms with Crippen molar-refractivity contribution in [3.05, 3.63) is 0 Å². The van der Waals surface area contributed by atoms with Gasteiger partial charge >= 0.3 is 12.0 Å². The molecule has 0 aliphatic carbocycles. The van der Waals surface area contributed by atoms with Crippen LogP contribution >= 0.6 is 0 Å². The summed E-state index contributed by atoms with van der Waals surface area (Å²) in [5, 5.41) is 12.3. The van der Waals surface area contributed by atoms with Crippen molar-refractivity contribution < 1.29 is 14.7 Å². The Morgan fingerprint density at radius 1 is 1.19 bits per heavy atom. The van der Waals surface area contributed by atoms with Crippen LogP contribution in [0.2, 0.25) is 0 Å².